The molecule has 132 valence electrons. The third-order valence-corrected chi connectivity index (χ3v) is 3.98. The number of nitrogens with zero attached hydrogens (tertiary/aromatic N) is 2. The zero-order chi connectivity index (χ0) is 17.8. The van der Waals surface area contributed by atoms with Gasteiger partial charge < -0.3 is 20.5 Å². The van der Waals surface area contributed by atoms with Crippen LogP contribution in [-0.4, -0.2) is 41.3 Å². The second kappa shape index (κ2) is 7.25. The van der Waals surface area contributed by atoms with Crippen molar-refractivity contribution in [2.75, 3.05) is 25.5 Å². The van der Waals surface area contributed by atoms with Crippen LogP contribution in [0.5, 0.6) is 5.75 Å². The van der Waals surface area contributed by atoms with Gasteiger partial charge in [0.1, 0.15) is 11.4 Å². The van der Waals surface area contributed by atoms with Crippen LogP contribution in [0.4, 0.5) is 10.5 Å². The zero-order valence-corrected chi connectivity index (χ0v) is 14.0. The summed E-state index contributed by atoms with van der Waals surface area (Å²) in [7, 11) is 1.79. The van der Waals surface area contributed by atoms with Gasteiger partial charge in [-0.2, -0.15) is 5.10 Å². The average molecular weight is 343 g/mol. The van der Waals surface area contributed by atoms with Crippen molar-refractivity contribution >= 4 is 17.5 Å². The number of nitrogen functional groups attached to an aromatic ring is 1. The molecule has 0 radical (unpaired) electrons. The Hall–Kier alpha value is -3.03. The Labute approximate surface area is 145 Å². The molecule has 25 heavy (non-hydrogen) atoms. The number of aryl methyl sites for hydroxylation is 1. The van der Waals surface area contributed by atoms with Crippen LogP contribution in [0.25, 0.3) is 0 Å². The molecule has 1 aromatic carbocycles. The molecule has 1 aliphatic rings. The van der Waals surface area contributed by atoms with Crippen molar-refractivity contribution in [3.63, 3.8) is 0 Å². The monoisotopic (exact) mass is 343 g/mol. The van der Waals surface area contributed by atoms with Gasteiger partial charge in [-0.05, 0) is 30.7 Å². The molecule has 1 amide bonds. The van der Waals surface area contributed by atoms with E-state index in [2.05, 4.69) is 10.4 Å². The molecule has 2 heterocycles. The number of carbonyl (C=O) groups excluding carboxylic acids is 1. The van der Waals surface area contributed by atoms with Crippen LogP contribution < -0.4 is 15.8 Å². The summed E-state index contributed by atoms with van der Waals surface area (Å²) in [5.74, 6) is 0.625. The van der Waals surface area contributed by atoms with Crippen molar-refractivity contribution in [2.24, 2.45) is 7.05 Å². The minimum Gasteiger partial charge on any atom is -0.494 e. The zero-order valence-electron chi connectivity index (χ0n) is 14.0. The maximum atomic E-state index is 11.6. The molecule has 0 atom stereocenters. The van der Waals surface area contributed by atoms with E-state index in [-0.39, 0.29) is 12.3 Å². The highest BCUT2D eigenvalue weighted by Gasteiger charge is 2.15. The summed E-state index contributed by atoms with van der Waals surface area (Å²) in [5.41, 5.74) is 8.73. The fraction of sp³-hybridized carbons (Fsp3) is 0.353. The summed E-state index contributed by atoms with van der Waals surface area (Å²) in [6, 6.07) is 7.05. The lowest BCUT2D eigenvalue weighted by Gasteiger charge is -2.11. The third kappa shape index (κ3) is 3.90. The minimum atomic E-state index is -0.447. The first-order valence-corrected chi connectivity index (χ1v) is 8.10. The number of nitrogens with one attached hydrogen (secondary N) is 2. The summed E-state index contributed by atoms with van der Waals surface area (Å²) >= 11 is 0. The smallest absolute Gasteiger partial charge is 0.407 e. The molecule has 2 aromatic rings. The number of amides is 1. The van der Waals surface area contributed by atoms with E-state index in [0.717, 1.165) is 5.69 Å². The Morgan fingerprint density at radius 3 is 2.96 bits per heavy atom. The number of hydrogen-bond acceptors (Lipinski definition) is 6. The van der Waals surface area contributed by atoms with Gasteiger partial charge >= 0.3 is 6.09 Å². The molecule has 8 heteroatoms. The molecule has 3 rings (SSSR count). The highest BCUT2D eigenvalue weighted by atomic mass is 16.5. The first-order valence-electron chi connectivity index (χ1n) is 8.10. The van der Waals surface area contributed by atoms with E-state index in [1.165, 1.54) is 0 Å². The number of anilines is 1. The van der Waals surface area contributed by atoms with E-state index >= 15 is 0 Å². The molecule has 4 N–H and O–H groups in total. The Bertz CT molecular complexity index is 800. The van der Waals surface area contributed by atoms with Crippen LogP contribution in [0.2, 0.25) is 0 Å². The van der Waals surface area contributed by atoms with Crippen LogP contribution in [-0.2, 0) is 18.2 Å². The number of cyclic esters (lactones) is 1. The fourth-order valence-corrected chi connectivity index (χ4v) is 2.59. The number of benzene rings is 1. The van der Waals surface area contributed by atoms with Crippen LogP contribution in [0, 0.1) is 5.41 Å². The highest BCUT2D eigenvalue weighted by Crippen LogP contribution is 2.23. The standard InChI is InChI=1S/C17H21N5O3/c1-22-11-5-8-25-17(23)20-6-2-7-24-12-3-4-14(18)13(10-12)16(19)15(9-11)21-22/h3-4,9-10,19H,2,5-8,18H2,1H3,(H,20,23). The number of nitrogens with two attached hydrogens (primary N) is 1. The molecule has 0 fully saturated rings. The van der Waals surface area contributed by atoms with Gasteiger partial charge in [0.15, 0.2) is 0 Å². The van der Waals surface area contributed by atoms with Crippen molar-refractivity contribution in [2.45, 2.75) is 12.8 Å². The topological polar surface area (TPSA) is 115 Å². The van der Waals surface area contributed by atoms with E-state index in [1.807, 2.05) is 6.07 Å². The van der Waals surface area contributed by atoms with Crippen LogP contribution in [0.15, 0.2) is 24.3 Å². The number of alkyl carbamates (subject to hydrolysis) is 1. The predicted molar refractivity (Wildman–Crippen MR) is 93.2 cm³/mol. The van der Waals surface area contributed by atoms with Crippen molar-refractivity contribution in [3.8, 4) is 5.75 Å². The average Bonchev–Trinajstić information content (AvgIpc) is 2.95. The number of aromatic nitrogens is 2. The first-order chi connectivity index (χ1) is 12.0. The van der Waals surface area contributed by atoms with Gasteiger partial charge in [-0.1, -0.05) is 0 Å². The van der Waals surface area contributed by atoms with Gasteiger partial charge in [0.05, 0.1) is 18.9 Å². The lowest BCUT2D eigenvalue weighted by Crippen LogP contribution is -2.27. The number of hydrogen-bond donors (Lipinski definition) is 3. The van der Waals surface area contributed by atoms with Crippen molar-refractivity contribution in [3.05, 3.63) is 41.2 Å². The molecule has 1 aromatic heterocycles. The first kappa shape index (κ1) is 16.8. The van der Waals surface area contributed by atoms with E-state index in [0.29, 0.717) is 48.7 Å². The third-order valence-electron chi connectivity index (χ3n) is 3.98. The SMILES string of the molecule is Cn1nc2cc1CCOC(=O)NCCCOc1ccc(N)c(c1)C2=N. The minimum absolute atomic E-state index is 0.232. The van der Waals surface area contributed by atoms with Gasteiger partial charge in [0, 0.05) is 37.0 Å². The quantitative estimate of drug-likeness (QED) is 0.627. The van der Waals surface area contributed by atoms with Crippen LogP contribution >= 0.6 is 0 Å². The maximum Gasteiger partial charge on any atom is 0.407 e. The van der Waals surface area contributed by atoms with Crippen molar-refractivity contribution in [1.82, 2.24) is 15.1 Å². The van der Waals surface area contributed by atoms with Gasteiger partial charge in [-0.25, -0.2) is 4.79 Å². The fourth-order valence-electron chi connectivity index (χ4n) is 2.59. The molecular weight excluding hydrogens is 322 g/mol. The second-order valence-electron chi connectivity index (χ2n) is 5.78. The van der Waals surface area contributed by atoms with E-state index < -0.39 is 6.09 Å². The van der Waals surface area contributed by atoms with Crippen LogP contribution in [0.3, 0.4) is 0 Å². The number of ether oxygens (including phenoxy) is 2. The summed E-state index contributed by atoms with van der Waals surface area (Å²) in [6.07, 6.45) is 0.715. The van der Waals surface area contributed by atoms with E-state index in [9.17, 15) is 4.79 Å². The molecule has 0 aliphatic carbocycles. The summed E-state index contributed by atoms with van der Waals surface area (Å²) in [5, 5.41) is 15.5. The number of rotatable bonds is 0. The largest absolute Gasteiger partial charge is 0.494 e. The summed E-state index contributed by atoms with van der Waals surface area (Å²) in [4.78, 5) is 11.6. The molecule has 0 unspecified atom stereocenters. The molecule has 4 bridgehead atoms. The van der Waals surface area contributed by atoms with Crippen LogP contribution in [0.1, 0.15) is 23.4 Å². The van der Waals surface area contributed by atoms with Crippen molar-refractivity contribution in [1.29, 1.82) is 5.41 Å². The molecule has 1 aliphatic heterocycles. The van der Waals surface area contributed by atoms with Crippen molar-refractivity contribution < 1.29 is 14.3 Å². The van der Waals surface area contributed by atoms with Gasteiger partial charge in [0.2, 0.25) is 0 Å². The predicted octanol–water partition coefficient (Wildman–Crippen LogP) is 1.47. The van der Waals surface area contributed by atoms with E-state index in [1.54, 1.807) is 29.9 Å². The van der Waals surface area contributed by atoms with Gasteiger partial charge in [0.25, 0.3) is 0 Å². The van der Waals surface area contributed by atoms with Gasteiger partial charge in [-0.15, -0.1) is 0 Å². The maximum absolute atomic E-state index is 11.6. The van der Waals surface area contributed by atoms with E-state index in [4.69, 9.17) is 20.6 Å². The molecule has 0 saturated carbocycles. The highest BCUT2D eigenvalue weighted by molar-refractivity contribution is 6.13. The Kier molecular flexibility index (Phi) is 4.87. The molecule has 8 nitrogen and oxygen atoms in total. The number of fused-ring (bicyclic) bond motifs is 4. The van der Waals surface area contributed by atoms with Gasteiger partial charge in [-0.3, -0.25) is 10.1 Å². The molecule has 0 spiro atoms. The molecular formula is C17H21N5O3. The summed E-state index contributed by atoms with van der Waals surface area (Å²) in [6.45, 7) is 1.14. The summed E-state index contributed by atoms with van der Waals surface area (Å²) < 4.78 is 12.5. The normalized spacial score (nSPS) is 15.9. The second-order valence-corrected chi connectivity index (χ2v) is 5.78. The Morgan fingerprint density at radius 2 is 2.12 bits per heavy atom. The lowest BCUT2D eigenvalue weighted by atomic mass is 10.0. The lowest BCUT2D eigenvalue weighted by molar-refractivity contribution is 0.146. The Balaban J connectivity index is 1.92. The number of carbonyl (C=O) groups is 1. The Morgan fingerprint density at radius 1 is 1.28 bits per heavy atom. The molecule has 0 saturated heterocycles.